The monoisotopic (exact) mass is 263 g/mol. The lowest BCUT2D eigenvalue weighted by molar-refractivity contribution is -0.148. The zero-order chi connectivity index (χ0) is 13.8. The van der Waals surface area contributed by atoms with Crippen molar-refractivity contribution in [1.82, 2.24) is 0 Å². The Labute approximate surface area is 111 Å². The second-order valence-corrected chi connectivity index (χ2v) is 4.63. The van der Waals surface area contributed by atoms with Gasteiger partial charge < -0.3 is 14.8 Å². The van der Waals surface area contributed by atoms with Crippen molar-refractivity contribution in [3.63, 3.8) is 0 Å². The first-order chi connectivity index (χ1) is 9.10. The molecule has 1 saturated carbocycles. The van der Waals surface area contributed by atoms with Crippen LogP contribution in [0.15, 0.2) is 18.2 Å². The average molecular weight is 263 g/mol. The number of anilines is 1. The van der Waals surface area contributed by atoms with Gasteiger partial charge in [0.25, 0.3) is 5.91 Å². The predicted octanol–water partition coefficient (Wildman–Crippen LogP) is 1.90. The summed E-state index contributed by atoms with van der Waals surface area (Å²) in [5.74, 6) is -0.0713. The largest absolute Gasteiger partial charge is 0.495 e. The quantitative estimate of drug-likeness (QED) is 0.824. The summed E-state index contributed by atoms with van der Waals surface area (Å²) in [6.45, 7) is 1.66. The number of carbonyl (C=O) groups is 2. The summed E-state index contributed by atoms with van der Waals surface area (Å²) in [6.07, 6.45) is 1.73. The van der Waals surface area contributed by atoms with Gasteiger partial charge in [0.15, 0.2) is 6.61 Å². The Hall–Kier alpha value is -2.04. The molecule has 1 aromatic rings. The highest BCUT2D eigenvalue weighted by Gasteiger charge is 2.31. The molecule has 0 atom stereocenters. The molecule has 1 aliphatic rings. The van der Waals surface area contributed by atoms with E-state index in [2.05, 4.69) is 5.32 Å². The van der Waals surface area contributed by atoms with Crippen LogP contribution in [0.2, 0.25) is 0 Å². The van der Waals surface area contributed by atoms with Gasteiger partial charge in [0.1, 0.15) is 5.75 Å². The predicted molar refractivity (Wildman–Crippen MR) is 70.0 cm³/mol. The number of rotatable bonds is 5. The minimum absolute atomic E-state index is 0.00121. The number of esters is 1. The van der Waals surface area contributed by atoms with Crippen molar-refractivity contribution < 1.29 is 19.1 Å². The third kappa shape index (κ3) is 3.71. The Morgan fingerprint density at radius 1 is 1.37 bits per heavy atom. The molecule has 1 fully saturated rings. The first-order valence-electron chi connectivity index (χ1n) is 6.21. The molecule has 5 nitrogen and oxygen atoms in total. The lowest BCUT2D eigenvalue weighted by atomic mass is 10.2. The Bertz CT molecular complexity index is 494. The maximum atomic E-state index is 11.7. The van der Waals surface area contributed by atoms with E-state index in [4.69, 9.17) is 9.47 Å². The van der Waals surface area contributed by atoms with Crippen molar-refractivity contribution in [2.75, 3.05) is 19.0 Å². The Morgan fingerprint density at radius 2 is 2.11 bits per heavy atom. The van der Waals surface area contributed by atoms with Crippen LogP contribution >= 0.6 is 0 Å². The lowest BCUT2D eigenvalue weighted by Crippen LogP contribution is -2.21. The molecule has 0 unspecified atom stereocenters. The molecule has 19 heavy (non-hydrogen) atoms. The average Bonchev–Trinajstić information content (AvgIpc) is 3.20. The van der Waals surface area contributed by atoms with Crippen LogP contribution in [0.1, 0.15) is 18.4 Å². The van der Waals surface area contributed by atoms with Gasteiger partial charge in [0.05, 0.1) is 18.7 Å². The minimum atomic E-state index is -0.363. The van der Waals surface area contributed by atoms with Crippen LogP contribution in [0.3, 0.4) is 0 Å². The van der Waals surface area contributed by atoms with Crippen molar-refractivity contribution in [1.29, 1.82) is 0 Å². The van der Waals surface area contributed by atoms with Gasteiger partial charge >= 0.3 is 5.97 Å². The standard InChI is InChI=1S/C14H17NO4/c1-9-3-6-12(18-2)11(7-9)15-13(16)8-19-14(17)10-4-5-10/h3,6-7,10H,4-5,8H2,1-2H3,(H,15,16). The molecule has 1 aliphatic carbocycles. The summed E-state index contributed by atoms with van der Waals surface area (Å²) in [5, 5.41) is 2.68. The third-order valence-electron chi connectivity index (χ3n) is 2.89. The number of aryl methyl sites for hydroxylation is 1. The highest BCUT2D eigenvalue weighted by molar-refractivity contribution is 5.94. The number of benzene rings is 1. The van der Waals surface area contributed by atoms with Gasteiger partial charge in [-0.2, -0.15) is 0 Å². The molecule has 5 heteroatoms. The van der Waals surface area contributed by atoms with E-state index in [0.717, 1.165) is 18.4 Å². The summed E-state index contributed by atoms with van der Waals surface area (Å²) in [4.78, 5) is 23.0. The van der Waals surface area contributed by atoms with Gasteiger partial charge in [-0.1, -0.05) is 6.07 Å². The molecular weight excluding hydrogens is 246 g/mol. The third-order valence-corrected chi connectivity index (χ3v) is 2.89. The molecule has 0 aliphatic heterocycles. The van der Waals surface area contributed by atoms with E-state index in [0.29, 0.717) is 11.4 Å². The number of nitrogens with one attached hydrogen (secondary N) is 1. The molecule has 102 valence electrons. The van der Waals surface area contributed by atoms with E-state index >= 15 is 0 Å². The maximum Gasteiger partial charge on any atom is 0.309 e. The van der Waals surface area contributed by atoms with Crippen molar-refractivity contribution in [2.24, 2.45) is 5.92 Å². The number of methoxy groups -OCH3 is 1. The van der Waals surface area contributed by atoms with E-state index in [-0.39, 0.29) is 24.4 Å². The fourth-order valence-corrected chi connectivity index (χ4v) is 1.68. The van der Waals surface area contributed by atoms with Crippen LogP contribution < -0.4 is 10.1 Å². The number of hydrogen-bond donors (Lipinski definition) is 1. The van der Waals surface area contributed by atoms with E-state index in [1.165, 1.54) is 7.11 Å². The number of carbonyl (C=O) groups excluding carboxylic acids is 2. The molecule has 1 aromatic carbocycles. The fraction of sp³-hybridized carbons (Fsp3) is 0.429. The van der Waals surface area contributed by atoms with Crippen LogP contribution in [-0.2, 0) is 14.3 Å². The molecule has 0 aromatic heterocycles. The summed E-state index contributed by atoms with van der Waals surface area (Å²) >= 11 is 0. The maximum absolute atomic E-state index is 11.7. The van der Waals surface area contributed by atoms with E-state index in [1.807, 2.05) is 13.0 Å². The first-order valence-corrected chi connectivity index (χ1v) is 6.21. The highest BCUT2D eigenvalue weighted by atomic mass is 16.5. The summed E-state index contributed by atoms with van der Waals surface area (Å²) in [6, 6.07) is 5.47. The zero-order valence-corrected chi connectivity index (χ0v) is 11.1. The fourth-order valence-electron chi connectivity index (χ4n) is 1.68. The lowest BCUT2D eigenvalue weighted by Gasteiger charge is -2.11. The Morgan fingerprint density at radius 3 is 2.74 bits per heavy atom. The van der Waals surface area contributed by atoms with E-state index in [1.54, 1.807) is 12.1 Å². The molecule has 0 bridgehead atoms. The molecule has 1 N–H and O–H groups in total. The van der Waals surface area contributed by atoms with Crippen molar-refractivity contribution in [2.45, 2.75) is 19.8 Å². The van der Waals surface area contributed by atoms with Crippen molar-refractivity contribution in [3.05, 3.63) is 23.8 Å². The summed E-state index contributed by atoms with van der Waals surface area (Å²) in [7, 11) is 1.54. The SMILES string of the molecule is COc1ccc(C)cc1NC(=O)COC(=O)C1CC1. The van der Waals surface area contributed by atoms with Gasteiger partial charge in [-0.05, 0) is 37.5 Å². The van der Waals surface area contributed by atoms with Gasteiger partial charge in [-0.15, -0.1) is 0 Å². The first kappa shape index (κ1) is 13.4. The zero-order valence-electron chi connectivity index (χ0n) is 11.1. The summed E-state index contributed by atoms with van der Waals surface area (Å²) < 4.78 is 10.1. The number of amides is 1. The van der Waals surface area contributed by atoms with Crippen molar-refractivity contribution in [3.8, 4) is 5.75 Å². The molecule has 2 rings (SSSR count). The molecule has 1 amide bonds. The molecule has 0 heterocycles. The number of hydrogen-bond acceptors (Lipinski definition) is 4. The van der Waals surface area contributed by atoms with Gasteiger partial charge in [0, 0.05) is 0 Å². The normalized spacial score (nSPS) is 13.8. The molecule has 0 saturated heterocycles. The molecule has 0 spiro atoms. The van der Waals surface area contributed by atoms with Gasteiger partial charge in [0.2, 0.25) is 0 Å². The summed E-state index contributed by atoms with van der Waals surface area (Å²) in [5.41, 5.74) is 1.58. The van der Waals surface area contributed by atoms with E-state index < -0.39 is 0 Å². The second-order valence-electron chi connectivity index (χ2n) is 4.63. The van der Waals surface area contributed by atoms with Crippen molar-refractivity contribution >= 4 is 17.6 Å². The van der Waals surface area contributed by atoms with Gasteiger partial charge in [-0.25, -0.2) is 0 Å². The van der Waals surface area contributed by atoms with Crippen LogP contribution in [0.4, 0.5) is 5.69 Å². The minimum Gasteiger partial charge on any atom is -0.495 e. The van der Waals surface area contributed by atoms with Crippen LogP contribution in [0.25, 0.3) is 0 Å². The Kier molecular flexibility index (Phi) is 4.04. The topological polar surface area (TPSA) is 64.6 Å². The van der Waals surface area contributed by atoms with Crippen LogP contribution in [-0.4, -0.2) is 25.6 Å². The molecule has 0 radical (unpaired) electrons. The smallest absolute Gasteiger partial charge is 0.309 e. The Balaban J connectivity index is 1.90. The van der Waals surface area contributed by atoms with Gasteiger partial charge in [-0.3, -0.25) is 9.59 Å². The second kappa shape index (κ2) is 5.73. The van der Waals surface area contributed by atoms with E-state index in [9.17, 15) is 9.59 Å². The number of ether oxygens (including phenoxy) is 2. The highest BCUT2D eigenvalue weighted by Crippen LogP contribution is 2.30. The van der Waals surface area contributed by atoms with Crippen LogP contribution in [0.5, 0.6) is 5.75 Å². The van der Waals surface area contributed by atoms with Crippen LogP contribution in [0, 0.1) is 12.8 Å². The molecular formula is C14H17NO4.